The van der Waals surface area contributed by atoms with Gasteiger partial charge in [-0.25, -0.2) is 4.79 Å². The van der Waals surface area contributed by atoms with Gasteiger partial charge in [-0.05, 0) is 18.2 Å². The lowest BCUT2D eigenvalue weighted by molar-refractivity contribution is -0.386. The van der Waals surface area contributed by atoms with Crippen molar-refractivity contribution < 1.29 is 37.6 Å². The molecule has 2 aromatic rings. The number of nitro benzene ring substituents is 2. The zero-order chi connectivity index (χ0) is 21.7. The van der Waals surface area contributed by atoms with Gasteiger partial charge in [0.05, 0.1) is 28.6 Å². The molecule has 0 N–H and O–H groups in total. The van der Waals surface area contributed by atoms with Crippen molar-refractivity contribution in [2.24, 2.45) is 0 Å². The first-order chi connectivity index (χ1) is 13.6. The molecule has 0 radical (unpaired) electrons. The van der Waals surface area contributed by atoms with Gasteiger partial charge in [0.15, 0.2) is 11.5 Å². The molecule has 0 aromatic heterocycles. The van der Waals surface area contributed by atoms with Gasteiger partial charge < -0.3 is 14.2 Å². The molecule has 0 spiro atoms. The van der Waals surface area contributed by atoms with E-state index in [9.17, 15) is 33.8 Å². The first kappa shape index (κ1) is 21.8. The third-order valence-corrected chi connectivity index (χ3v) is 3.75. The minimum absolute atomic E-state index is 0.0312. The van der Waals surface area contributed by atoms with Crippen molar-refractivity contribution in [2.45, 2.75) is 13.2 Å². The summed E-state index contributed by atoms with van der Waals surface area (Å²) in [5.41, 5.74) is -1.94. The van der Waals surface area contributed by atoms with Crippen molar-refractivity contribution in [3.8, 4) is 11.5 Å². The molecule has 13 heteroatoms. The minimum atomic E-state index is -3.25. The van der Waals surface area contributed by atoms with Gasteiger partial charge in [0.2, 0.25) is 0 Å². The third kappa shape index (κ3) is 5.25. The summed E-state index contributed by atoms with van der Waals surface area (Å²) in [5.74, 6) is -2.02. The SMILES string of the molecule is COc1cc(COC(=O)c2cc(Cl)ccc2[N+](=O)[O-])c([N+](=O)[O-])cc1OC(F)F. The van der Waals surface area contributed by atoms with Crippen LogP contribution in [0.1, 0.15) is 15.9 Å². The second-order valence-electron chi connectivity index (χ2n) is 5.26. The summed E-state index contributed by atoms with van der Waals surface area (Å²) in [6.45, 7) is -3.96. The molecule has 0 amide bonds. The molecule has 0 unspecified atom stereocenters. The van der Waals surface area contributed by atoms with Gasteiger partial charge in [-0.3, -0.25) is 20.2 Å². The van der Waals surface area contributed by atoms with E-state index in [1.807, 2.05) is 0 Å². The average molecular weight is 433 g/mol. The van der Waals surface area contributed by atoms with Crippen molar-refractivity contribution in [3.63, 3.8) is 0 Å². The largest absolute Gasteiger partial charge is 0.493 e. The van der Waals surface area contributed by atoms with Crippen LogP contribution in [0, 0.1) is 20.2 Å². The van der Waals surface area contributed by atoms with E-state index in [0.29, 0.717) is 6.07 Å². The molecular formula is C16H11ClF2N2O8. The number of nitro groups is 2. The Hall–Kier alpha value is -3.54. The molecule has 10 nitrogen and oxygen atoms in total. The van der Waals surface area contributed by atoms with Crippen LogP contribution in [0.2, 0.25) is 5.02 Å². The first-order valence-corrected chi connectivity index (χ1v) is 7.93. The van der Waals surface area contributed by atoms with E-state index in [4.69, 9.17) is 21.1 Å². The molecule has 2 aromatic carbocycles. The summed E-state index contributed by atoms with van der Waals surface area (Å²) in [5, 5.41) is 22.3. The lowest BCUT2D eigenvalue weighted by Crippen LogP contribution is -2.10. The van der Waals surface area contributed by atoms with Crippen LogP contribution in [0.15, 0.2) is 30.3 Å². The number of benzene rings is 2. The van der Waals surface area contributed by atoms with E-state index in [0.717, 1.165) is 25.3 Å². The average Bonchev–Trinajstić information content (AvgIpc) is 2.65. The van der Waals surface area contributed by atoms with Crippen LogP contribution in [0.25, 0.3) is 0 Å². The van der Waals surface area contributed by atoms with E-state index in [-0.39, 0.29) is 16.3 Å². The highest BCUT2D eigenvalue weighted by Gasteiger charge is 2.25. The summed E-state index contributed by atoms with van der Waals surface area (Å²) in [6, 6.07) is 4.89. The van der Waals surface area contributed by atoms with Gasteiger partial charge in [0.25, 0.3) is 11.4 Å². The number of alkyl halides is 2. The Kier molecular flexibility index (Phi) is 6.83. The van der Waals surface area contributed by atoms with Crippen LogP contribution >= 0.6 is 11.6 Å². The van der Waals surface area contributed by atoms with Crippen LogP contribution in [0.4, 0.5) is 20.2 Å². The Balaban J connectivity index is 2.35. The maximum atomic E-state index is 12.5. The summed E-state index contributed by atoms with van der Waals surface area (Å²) in [7, 11) is 1.12. The highest BCUT2D eigenvalue weighted by atomic mass is 35.5. The fourth-order valence-corrected chi connectivity index (χ4v) is 2.45. The molecule has 0 aliphatic heterocycles. The van der Waals surface area contributed by atoms with E-state index >= 15 is 0 Å². The van der Waals surface area contributed by atoms with Crippen molar-refractivity contribution >= 4 is 28.9 Å². The molecule has 0 heterocycles. The summed E-state index contributed by atoms with van der Waals surface area (Å²) in [6.07, 6.45) is 0. The predicted octanol–water partition coefficient (Wildman–Crippen LogP) is 4.12. The molecular weight excluding hydrogens is 422 g/mol. The predicted molar refractivity (Wildman–Crippen MR) is 93.5 cm³/mol. The molecule has 154 valence electrons. The van der Waals surface area contributed by atoms with E-state index in [2.05, 4.69) is 4.74 Å². The molecule has 0 fully saturated rings. The third-order valence-electron chi connectivity index (χ3n) is 3.51. The van der Waals surface area contributed by atoms with Gasteiger partial charge in [-0.1, -0.05) is 11.6 Å². The maximum absolute atomic E-state index is 12.5. The lowest BCUT2D eigenvalue weighted by atomic mass is 10.1. The molecule has 0 saturated heterocycles. The molecule has 2 rings (SSSR count). The smallest absolute Gasteiger partial charge is 0.387 e. The number of hydrogen-bond acceptors (Lipinski definition) is 8. The second kappa shape index (κ2) is 9.10. The summed E-state index contributed by atoms with van der Waals surface area (Å²) < 4.78 is 38.9. The molecule has 0 atom stereocenters. The van der Waals surface area contributed by atoms with Gasteiger partial charge in [-0.2, -0.15) is 8.78 Å². The van der Waals surface area contributed by atoms with Crippen LogP contribution in [-0.4, -0.2) is 29.5 Å². The number of rotatable bonds is 8. The van der Waals surface area contributed by atoms with E-state index in [1.165, 1.54) is 6.07 Å². The molecule has 0 saturated carbocycles. The Morgan fingerprint density at radius 3 is 2.31 bits per heavy atom. The molecule has 0 aliphatic rings. The number of carbonyl (C=O) groups is 1. The topological polar surface area (TPSA) is 131 Å². The zero-order valence-corrected chi connectivity index (χ0v) is 15.2. The first-order valence-electron chi connectivity index (χ1n) is 7.55. The van der Waals surface area contributed by atoms with E-state index < -0.39 is 51.7 Å². The van der Waals surface area contributed by atoms with Gasteiger partial charge in [0.1, 0.15) is 12.2 Å². The Labute approximate surface area is 165 Å². The van der Waals surface area contributed by atoms with E-state index in [1.54, 1.807) is 0 Å². The summed E-state index contributed by atoms with van der Waals surface area (Å²) in [4.78, 5) is 32.8. The highest BCUT2D eigenvalue weighted by Crippen LogP contribution is 2.36. The molecule has 29 heavy (non-hydrogen) atoms. The Morgan fingerprint density at radius 2 is 1.76 bits per heavy atom. The highest BCUT2D eigenvalue weighted by molar-refractivity contribution is 6.31. The number of ether oxygens (including phenoxy) is 3. The van der Waals surface area contributed by atoms with Crippen LogP contribution < -0.4 is 9.47 Å². The molecule has 0 bridgehead atoms. The van der Waals surface area contributed by atoms with Crippen LogP contribution in [0.5, 0.6) is 11.5 Å². The standard InChI is InChI=1S/C16H11ClF2N2O8/c1-27-13-4-8(12(21(25)26)6-14(13)29-16(18)19)7-28-15(22)10-5-9(17)2-3-11(10)20(23)24/h2-6,16H,7H2,1H3. The number of esters is 1. The van der Waals surface area contributed by atoms with Gasteiger partial charge >= 0.3 is 12.6 Å². The zero-order valence-electron chi connectivity index (χ0n) is 14.5. The lowest BCUT2D eigenvalue weighted by Gasteiger charge is -2.12. The fourth-order valence-electron chi connectivity index (χ4n) is 2.28. The van der Waals surface area contributed by atoms with Gasteiger partial charge in [0, 0.05) is 11.1 Å². The maximum Gasteiger partial charge on any atom is 0.387 e. The Morgan fingerprint density at radius 1 is 1.10 bits per heavy atom. The number of halogens is 3. The fraction of sp³-hybridized carbons (Fsp3) is 0.188. The van der Waals surface area contributed by atoms with Crippen molar-refractivity contribution in [3.05, 3.63) is 66.7 Å². The quantitative estimate of drug-likeness (QED) is 0.345. The van der Waals surface area contributed by atoms with Crippen molar-refractivity contribution in [1.29, 1.82) is 0 Å². The normalized spacial score (nSPS) is 10.5. The van der Waals surface area contributed by atoms with Gasteiger partial charge in [-0.15, -0.1) is 0 Å². The van der Waals surface area contributed by atoms with Crippen LogP contribution in [-0.2, 0) is 11.3 Å². The van der Waals surface area contributed by atoms with Crippen LogP contribution in [0.3, 0.4) is 0 Å². The number of methoxy groups -OCH3 is 1. The summed E-state index contributed by atoms with van der Waals surface area (Å²) >= 11 is 5.74. The van der Waals surface area contributed by atoms with Crippen molar-refractivity contribution in [1.82, 2.24) is 0 Å². The monoisotopic (exact) mass is 432 g/mol. The Bertz CT molecular complexity index is 970. The number of nitrogens with zero attached hydrogens (tertiary/aromatic N) is 2. The van der Waals surface area contributed by atoms with Crippen molar-refractivity contribution in [2.75, 3.05) is 7.11 Å². The minimum Gasteiger partial charge on any atom is -0.493 e. The number of carbonyl (C=O) groups excluding carboxylic acids is 1. The number of hydrogen-bond donors (Lipinski definition) is 0. The molecule has 0 aliphatic carbocycles. The second-order valence-corrected chi connectivity index (χ2v) is 5.70.